The molecule has 0 spiro atoms. The Labute approximate surface area is 99.1 Å². The van der Waals surface area contributed by atoms with Crippen molar-refractivity contribution in [3.8, 4) is 0 Å². The Morgan fingerprint density at radius 3 is 2.25 bits per heavy atom. The number of hydrogen-bond acceptors (Lipinski definition) is 3. The summed E-state index contributed by atoms with van der Waals surface area (Å²) in [5.74, 6) is 0. The molecule has 0 aromatic rings. The molecule has 0 aliphatic carbocycles. The number of carbonyl (C=O) groups excluding carboxylic acids is 1. The van der Waals surface area contributed by atoms with Crippen LogP contribution in [0.2, 0.25) is 0 Å². The number of nitrogens with two attached hydrogens (primary N) is 1. The first-order valence-corrected chi connectivity index (χ1v) is 6.08. The maximum absolute atomic E-state index is 11.8. The third-order valence-electron chi connectivity index (χ3n) is 2.07. The molecule has 0 saturated carbocycles. The van der Waals surface area contributed by atoms with E-state index in [0.29, 0.717) is 13.1 Å². The second-order valence-electron chi connectivity index (χ2n) is 4.96. The van der Waals surface area contributed by atoms with Crippen molar-refractivity contribution in [2.75, 3.05) is 19.6 Å². The van der Waals surface area contributed by atoms with Gasteiger partial charge in [0.15, 0.2) is 0 Å². The molecule has 4 nitrogen and oxygen atoms in total. The highest BCUT2D eigenvalue weighted by atomic mass is 16.6. The molecule has 0 rings (SSSR count). The standard InChI is InChI=1S/C12H26N2O2/c1-5-6-9-14(10-7-8-13)11(15)16-12(2,3)4/h5-10,13H2,1-4H3. The van der Waals surface area contributed by atoms with Gasteiger partial charge in [-0.2, -0.15) is 0 Å². The van der Waals surface area contributed by atoms with E-state index in [1.54, 1.807) is 4.90 Å². The molecule has 1 amide bonds. The van der Waals surface area contributed by atoms with Gasteiger partial charge in [0.05, 0.1) is 0 Å². The van der Waals surface area contributed by atoms with Gasteiger partial charge >= 0.3 is 6.09 Å². The topological polar surface area (TPSA) is 55.6 Å². The van der Waals surface area contributed by atoms with Crippen LogP contribution in [0.5, 0.6) is 0 Å². The van der Waals surface area contributed by atoms with E-state index in [0.717, 1.165) is 25.8 Å². The maximum atomic E-state index is 11.8. The molecule has 0 bridgehead atoms. The number of nitrogens with zero attached hydrogens (tertiary/aromatic N) is 1. The average Bonchev–Trinajstić information content (AvgIpc) is 2.15. The molecule has 2 N–H and O–H groups in total. The van der Waals surface area contributed by atoms with Crippen molar-refractivity contribution in [2.24, 2.45) is 5.73 Å². The lowest BCUT2D eigenvalue weighted by Crippen LogP contribution is -2.38. The van der Waals surface area contributed by atoms with Crippen LogP contribution in [0.15, 0.2) is 0 Å². The van der Waals surface area contributed by atoms with Crippen LogP contribution in [-0.2, 0) is 4.74 Å². The van der Waals surface area contributed by atoms with Gasteiger partial charge in [-0.3, -0.25) is 0 Å². The van der Waals surface area contributed by atoms with E-state index < -0.39 is 5.60 Å². The molecule has 0 aromatic carbocycles. The Morgan fingerprint density at radius 1 is 1.25 bits per heavy atom. The van der Waals surface area contributed by atoms with E-state index in [-0.39, 0.29) is 6.09 Å². The van der Waals surface area contributed by atoms with Gasteiger partial charge in [0.2, 0.25) is 0 Å². The second-order valence-corrected chi connectivity index (χ2v) is 4.96. The van der Waals surface area contributed by atoms with E-state index in [1.165, 1.54) is 0 Å². The first kappa shape index (κ1) is 15.2. The van der Waals surface area contributed by atoms with Gasteiger partial charge in [-0.15, -0.1) is 0 Å². The van der Waals surface area contributed by atoms with Crippen molar-refractivity contribution in [1.29, 1.82) is 0 Å². The molecule has 0 aromatic heterocycles. The zero-order valence-electron chi connectivity index (χ0n) is 11.1. The van der Waals surface area contributed by atoms with Crippen LogP contribution in [0, 0.1) is 0 Å². The first-order valence-electron chi connectivity index (χ1n) is 6.08. The number of rotatable bonds is 6. The quantitative estimate of drug-likeness (QED) is 0.762. The van der Waals surface area contributed by atoms with Gasteiger partial charge in [-0.1, -0.05) is 13.3 Å². The Bertz CT molecular complexity index is 192. The summed E-state index contributed by atoms with van der Waals surface area (Å²) in [6.07, 6.45) is 2.67. The summed E-state index contributed by atoms with van der Waals surface area (Å²) in [6, 6.07) is 0. The van der Waals surface area contributed by atoms with E-state index in [9.17, 15) is 4.79 Å². The molecule has 0 fully saturated rings. The largest absolute Gasteiger partial charge is 0.444 e. The lowest BCUT2D eigenvalue weighted by atomic mass is 10.2. The fourth-order valence-electron chi connectivity index (χ4n) is 1.25. The molecule has 16 heavy (non-hydrogen) atoms. The van der Waals surface area contributed by atoms with Crippen molar-refractivity contribution in [3.05, 3.63) is 0 Å². The van der Waals surface area contributed by atoms with E-state index in [4.69, 9.17) is 10.5 Å². The first-order chi connectivity index (χ1) is 7.40. The summed E-state index contributed by atoms with van der Waals surface area (Å²) in [5, 5.41) is 0. The molecular formula is C12H26N2O2. The van der Waals surface area contributed by atoms with Crippen molar-refractivity contribution < 1.29 is 9.53 Å². The molecule has 4 heteroatoms. The molecule has 96 valence electrons. The number of ether oxygens (including phenoxy) is 1. The van der Waals surface area contributed by atoms with Crippen molar-refractivity contribution in [2.45, 2.75) is 52.6 Å². The summed E-state index contributed by atoms with van der Waals surface area (Å²) in [6.45, 7) is 9.79. The van der Waals surface area contributed by atoms with Crippen molar-refractivity contribution >= 4 is 6.09 Å². The maximum Gasteiger partial charge on any atom is 0.410 e. The van der Waals surface area contributed by atoms with Crippen LogP contribution in [0.4, 0.5) is 4.79 Å². The lowest BCUT2D eigenvalue weighted by molar-refractivity contribution is 0.0246. The fourth-order valence-corrected chi connectivity index (χ4v) is 1.25. The molecule has 0 heterocycles. The van der Waals surface area contributed by atoms with Crippen LogP contribution >= 0.6 is 0 Å². The van der Waals surface area contributed by atoms with Gasteiger partial charge in [-0.05, 0) is 40.2 Å². The van der Waals surface area contributed by atoms with E-state index in [2.05, 4.69) is 6.92 Å². The van der Waals surface area contributed by atoms with E-state index >= 15 is 0 Å². The van der Waals surface area contributed by atoms with Crippen LogP contribution in [0.25, 0.3) is 0 Å². The number of hydrogen-bond donors (Lipinski definition) is 1. The minimum atomic E-state index is -0.426. The van der Waals surface area contributed by atoms with E-state index in [1.807, 2.05) is 20.8 Å². The van der Waals surface area contributed by atoms with Gasteiger partial charge < -0.3 is 15.4 Å². The summed E-state index contributed by atoms with van der Waals surface area (Å²) in [7, 11) is 0. The molecule has 0 aliphatic heterocycles. The fraction of sp³-hybridized carbons (Fsp3) is 0.917. The minimum absolute atomic E-state index is 0.227. The van der Waals surface area contributed by atoms with Gasteiger partial charge in [-0.25, -0.2) is 4.79 Å². The van der Waals surface area contributed by atoms with Crippen LogP contribution in [0.1, 0.15) is 47.0 Å². The molecule has 0 atom stereocenters. The predicted molar refractivity (Wildman–Crippen MR) is 66.4 cm³/mol. The summed E-state index contributed by atoms with van der Waals surface area (Å²) in [4.78, 5) is 13.6. The molecule has 0 radical (unpaired) electrons. The lowest BCUT2D eigenvalue weighted by Gasteiger charge is -2.27. The minimum Gasteiger partial charge on any atom is -0.444 e. The number of carbonyl (C=O) groups is 1. The van der Waals surface area contributed by atoms with Gasteiger partial charge in [0, 0.05) is 13.1 Å². The molecular weight excluding hydrogens is 204 g/mol. The zero-order chi connectivity index (χ0) is 12.6. The summed E-state index contributed by atoms with van der Waals surface area (Å²) in [5.41, 5.74) is 5.03. The zero-order valence-corrected chi connectivity index (χ0v) is 11.1. The third kappa shape index (κ3) is 7.51. The van der Waals surface area contributed by atoms with Crippen molar-refractivity contribution in [3.63, 3.8) is 0 Å². The Hall–Kier alpha value is -0.770. The van der Waals surface area contributed by atoms with Crippen LogP contribution in [-0.4, -0.2) is 36.2 Å². The third-order valence-corrected chi connectivity index (χ3v) is 2.07. The predicted octanol–water partition coefficient (Wildman–Crippen LogP) is 2.37. The highest BCUT2D eigenvalue weighted by Crippen LogP contribution is 2.10. The van der Waals surface area contributed by atoms with Crippen molar-refractivity contribution in [1.82, 2.24) is 4.90 Å². The Morgan fingerprint density at radius 2 is 1.81 bits per heavy atom. The van der Waals surface area contributed by atoms with Crippen LogP contribution < -0.4 is 5.73 Å². The molecule has 0 saturated heterocycles. The SMILES string of the molecule is CCCCN(CCCN)C(=O)OC(C)(C)C. The van der Waals surface area contributed by atoms with Gasteiger partial charge in [0.25, 0.3) is 0 Å². The van der Waals surface area contributed by atoms with Gasteiger partial charge in [0.1, 0.15) is 5.60 Å². The second kappa shape index (κ2) is 7.49. The summed E-state index contributed by atoms with van der Waals surface area (Å²) >= 11 is 0. The number of unbranched alkanes of at least 4 members (excludes halogenated alkanes) is 1. The molecule has 0 unspecified atom stereocenters. The smallest absolute Gasteiger partial charge is 0.410 e. The average molecular weight is 230 g/mol. The summed E-state index contributed by atoms with van der Waals surface area (Å²) < 4.78 is 5.34. The highest BCUT2D eigenvalue weighted by Gasteiger charge is 2.21. The number of amides is 1. The highest BCUT2D eigenvalue weighted by molar-refractivity contribution is 5.68. The Kier molecular flexibility index (Phi) is 7.13. The molecule has 0 aliphatic rings. The van der Waals surface area contributed by atoms with Crippen LogP contribution in [0.3, 0.4) is 0 Å². The monoisotopic (exact) mass is 230 g/mol. The normalized spacial score (nSPS) is 11.3. The Balaban J connectivity index is 4.19.